The van der Waals surface area contributed by atoms with Crippen LogP contribution >= 0.6 is 0 Å². The van der Waals surface area contributed by atoms with Crippen molar-refractivity contribution in [1.82, 2.24) is 10.2 Å². The molecule has 1 fully saturated rings. The molecule has 0 aromatic rings. The van der Waals surface area contributed by atoms with E-state index in [1.165, 1.54) is 0 Å². The maximum Gasteiger partial charge on any atom is 0.317 e. The molecule has 1 aliphatic rings. The van der Waals surface area contributed by atoms with Gasteiger partial charge in [0, 0.05) is 25.6 Å². The first-order chi connectivity index (χ1) is 8.30. The Labute approximate surface area is 109 Å². The van der Waals surface area contributed by atoms with Gasteiger partial charge < -0.3 is 15.3 Å². The highest BCUT2D eigenvalue weighted by molar-refractivity contribution is 5.74. The minimum atomic E-state index is -0.783. The van der Waals surface area contributed by atoms with Crippen LogP contribution in [0.3, 0.4) is 0 Å². The minimum absolute atomic E-state index is 0.0246. The maximum absolute atomic E-state index is 11.9. The van der Waals surface area contributed by atoms with E-state index in [2.05, 4.69) is 19.2 Å². The summed E-state index contributed by atoms with van der Waals surface area (Å²) >= 11 is 0. The Morgan fingerprint density at radius 3 is 2.61 bits per heavy atom. The van der Waals surface area contributed by atoms with Gasteiger partial charge in [0.25, 0.3) is 0 Å². The van der Waals surface area contributed by atoms with Crippen LogP contribution in [0.25, 0.3) is 0 Å². The first kappa shape index (κ1) is 14.8. The summed E-state index contributed by atoms with van der Waals surface area (Å²) in [5, 5.41) is 11.5. The third kappa shape index (κ3) is 4.94. The highest BCUT2D eigenvalue weighted by atomic mass is 16.4. The molecule has 5 heteroatoms. The largest absolute Gasteiger partial charge is 0.481 e. The van der Waals surface area contributed by atoms with E-state index < -0.39 is 5.97 Å². The van der Waals surface area contributed by atoms with Crippen molar-refractivity contribution in [3.63, 3.8) is 0 Å². The summed E-state index contributed by atoms with van der Waals surface area (Å²) in [6.45, 7) is 7.84. The first-order valence-corrected chi connectivity index (χ1v) is 6.57. The number of hydrogen-bond acceptors (Lipinski definition) is 2. The van der Waals surface area contributed by atoms with Crippen LogP contribution in [0.15, 0.2) is 0 Å². The highest BCUT2D eigenvalue weighted by Crippen LogP contribution is 2.28. The van der Waals surface area contributed by atoms with E-state index in [1.807, 2.05) is 11.8 Å². The van der Waals surface area contributed by atoms with Crippen LogP contribution < -0.4 is 5.32 Å². The smallest absolute Gasteiger partial charge is 0.317 e. The van der Waals surface area contributed by atoms with Crippen molar-refractivity contribution >= 4 is 12.0 Å². The molecule has 2 N–H and O–H groups in total. The predicted octanol–water partition coefficient (Wildman–Crippen LogP) is 2.07. The second-order valence-corrected chi connectivity index (χ2v) is 5.97. The van der Waals surface area contributed by atoms with Crippen molar-refractivity contribution < 1.29 is 14.7 Å². The molecule has 1 atom stereocenters. The van der Waals surface area contributed by atoms with Crippen molar-refractivity contribution in [3.05, 3.63) is 0 Å². The molecule has 104 valence electrons. The van der Waals surface area contributed by atoms with Gasteiger partial charge in [0.2, 0.25) is 0 Å². The van der Waals surface area contributed by atoms with Crippen LogP contribution in [0.2, 0.25) is 0 Å². The zero-order valence-electron chi connectivity index (χ0n) is 11.5. The molecule has 1 saturated heterocycles. The van der Waals surface area contributed by atoms with E-state index in [0.29, 0.717) is 12.8 Å². The van der Waals surface area contributed by atoms with Gasteiger partial charge in [-0.15, -0.1) is 0 Å². The van der Waals surface area contributed by atoms with Crippen LogP contribution in [0.5, 0.6) is 0 Å². The topological polar surface area (TPSA) is 69.6 Å². The van der Waals surface area contributed by atoms with E-state index in [4.69, 9.17) is 5.11 Å². The van der Waals surface area contributed by atoms with Gasteiger partial charge in [0.05, 0.1) is 0 Å². The minimum Gasteiger partial charge on any atom is -0.481 e. The molecule has 0 bridgehead atoms. The molecule has 1 heterocycles. The van der Waals surface area contributed by atoms with E-state index in [0.717, 1.165) is 19.5 Å². The summed E-state index contributed by atoms with van der Waals surface area (Å²) in [7, 11) is 0. The monoisotopic (exact) mass is 256 g/mol. The summed E-state index contributed by atoms with van der Waals surface area (Å²) in [4.78, 5) is 24.2. The van der Waals surface area contributed by atoms with Gasteiger partial charge in [-0.2, -0.15) is 0 Å². The average molecular weight is 256 g/mol. The number of carbonyl (C=O) groups excluding carboxylic acids is 1. The number of rotatable bonds is 5. The van der Waals surface area contributed by atoms with Crippen LogP contribution in [0.1, 0.15) is 46.5 Å². The number of hydrogen-bond donors (Lipinski definition) is 2. The van der Waals surface area contributed by atoms with Crippen molar-refractivity contribution in [2.24, 2.45) is 5.41 Å². The van der Waals surface area contributed by atoms with E-state index in [1.54, 1.807) is 0 Å². The van der Waals surface area contributed by atoms with Crippen LogP contribution in [-0.4, -0.2) is 41.1 Å². The lowest BCUT2D eigenvalue weighted by Crippen LogP contribution is -2.43. The Bertz CT molecular complexity index is 315. The average Bonchev–Trinajstić information content (AvgIpc) is 2.58. The lowest BCUT2D eigenvalue weighted by atomic mass is 9.93. The Morgan fingerprint density at radius 1 is 1.44 bits per heavy atom. The number of aliphatic carboxylic acids is 1. The molecule has 0 saturated carbocycles. The zero-order valence-corrected chi connectivity index (χ0v) is 11.5. The number of amides is 2. The molecule has 0 aliphatic carbocycles. The van der Waals surface area contributed by atoms with E-state index in [9.17, 15) is 9.59 Å². The maximum atomic E-state index is 11.9. The molecule has 18 heavy (non-hydrogen) atoms. The summed E-state index contributed by atoms with van der Waals surface area (Å²) < 4.78 is 0. The van der Waals surface area contributed by atoms with Gasteiger partial charge in [-0.1, -0.05) is 13.8 Å². The first-order valence-electron chi connectivity index (χ1n) is 6.57. The standard InChI is InChI=1S/C13H24N2O3/c1-10(5-4-6-11(16)17)14-12(18)15-8-7-13(2,3)9-15/h10H,4-9H2,1-3H3,(H,14,18)(H,16,17). The van der Waals surface area contributed by atoms with Gasteiger partial charge in [-0.3, -0.25) is 4.79 Å². The van der Waals surface area contributed by atoms with Crippen LogP contribution in [0, 0.1) is 5.41 Å². The second kappa shape index (κ2) is 6.07. The molecule has 0 radical (unpaired) electrons. The Balaban J connectivity index is 2.25. The number of nitrogens with zero attached hydrogens (tertiary/aromatic N) is 1. The van der Waals surface area contributed by atoms with Gasteiger partial charge in [-0.05, 0) is 31.6 Å². The van der Waals surface area contributed by atoms with Crippen LogP contribution in [-0.2, 0) is 4.79 Å². The normalized spacial score (nSPS) is 19.6. The van der Waals surface area contributed by atoms with Gasteiger partial charge in [0.1, 0.15) is 0 Å². The molecule has 0 aromatic carbocycles. The Morgan fingerprint density at radius 2 is 2.11 bits per heavy atom. The molecule has 1 rings (SSSR count). The third-order valence-electron chi connectivity index (χ3n) is 3.36. The molecule has 1 aliphatic heterocycles. The van der Waals surface area contributed by atoms with Gasteiger partial charge in [0.15, 0.2) is 0 Å². The number of urea groups is 1. The number of carboxylic acid groups (broad SMARTS) is 1. The summed E-state index contributed by atoms with van der Waals surface area (Å²) in [5.41, 5.74) is 0.212. The molecular weight excluding hydrogens is 232 g/mol. The van der Waals surface area contributed by atoms with Gasteiger partial charge in [-0.25, -0.2) is 4.79 Å². The SMILES string of the molecule is CC(CCCC(=O)O)NC(=O)N1CCC(C)(C)C1. The fourth-order valence-electron chi connectivity index (χ4n) is 2.22. The van der Waals surface area contributed by atoms with Crippen LogP contribution in [0.4, 0.5) is 4.79 Å². The van der Waals surface area contributed by atoms with Crippen molar-refractivity contribution in [2.75, 3.05) is 13.1 Å². The Kier molecular flexibility index (Phi) is 4.99. The lowest BCUT2D eigenvalue weighted by molar-refractivity contribution is -0.137. The third-order valence-corrected chi connectivity index (χ3v) is 3.36. The molecule has 0 spiro atoms. The number of nitrogens with one attached hydrogen (secondary N) is 1. The zero-order chi connectivity index (χ0) is 13.8. The van der Waals surface area contributed by atoms with E-state index in [-0.39, 0.29) is 23.9 Å². The van der Waals surface area contributed by atoms with Gasteiger partial charge >= 0.3 is 12.0 Å². The number of carboxylic acids is 1. The molecule has 0 aromatic heterocycles. The highest BCUT2D eigenvalue weighted by Gasteiger charge is 2.32. The fourth-order valence-corrected chi connectivity index (χ4v) is 2.22. The summed E-state index contributed by atoms with van der Waals surface area (Å²) in [6.07, 6.45) is 2.50. The summed E-state index contributed by atoms with van der Waals surface area (Å²) in [5.74, 6) is -0.783. The number of carbonyl (C=O) groups is 2. The second-order valence-electron chi connectivity index (χ2n) is 5.97. The van der Waals surface area contributed by atoms with Crippen molar-refractivity contribution in [3.8, 4) is 0 Å². The van der Waals surface area contributed by atoms with Crippen molar-refractivity contribution in [1.29, 1.82) is 0 Å². The lowest BCUT2D eigenvalue weighted by Gasteiger charge is -2.22. The van der Waals surface area contributed by atoms with Crippen molar-refractivity contribution in [2.45, 2.75) is 52.5 Å². The molecule has 1 unspecified atom stereocenters. The molecule has 2 amide bonds. The Hall–Kier alpha value is -1.26. The summed E-state index contributed by atoms with van der Waals surface area (Å²) in [6, 6.07) is 0.00367. The quantitative estimate of drug-likeness (QED) is 0.791. The van der Waals surface area contributed by atoms with E-state index >= 15 is 0 Å². The fraction of sp³-hybridized carbons (Fsp3) is 0.846. The number of likely N-dealkylation sites (tertiary alicyclic amines) is 1. The molecule has 5 nitrogen and oxygen atoms in total. The molecular formula is C13H24N2O3. The predicted molar refractivity (Wildman–Crippen MR) is 69.5 cm³/mol.